The first-order valence-electron chi connectivity index (χ1n) is 9.07. The van der Waals surface area contributed by atoms with Crippen molar-refractivity contribution in [2.24, 2.45) is 0 Å². The molecule has 8 heteroatoms. The molecular weight excluding hydrogens is 383 g/mol. The first-order valence-corrected chi connectivity index (χ1v) is 9.07. The van der Waals surface area contributed by atoms with E-state index in [1.54, 1.807) is 7.05 Å². The fraction of sp³-hybridized carbons (Fsp3) is 0.333. The molecule has 0 unspecified atom stereocenters. The summed E-state index contributed by atoms with van der Waals surface area (Å²) in [5.74, 6) is -5.42. The van der Waals surface area contributed by atoms with E-state index in [1.165, 1.54) is 4.90 Å². The summed E-state index contributed by atoms with van der Waals surface area (Å²) in [6, 6.07) is 7.39. The summed E-state index contributed by atoms with van der Waals surface area (Å²) in [7, 11) is 1.54. The zero-order valence-electron chi connectivity index (χ0n) is 16.8. The number of likely N-dealkylation sites (N-methyl/N-ethyl adjacent to an activating group) is 1. The molecule has 0 fully saturated rings. The molecule has 0 spiro atoms. The second kappa shape index (κ2) is 9.56. The van der Waals surface area contributed by atoms with Gasteiger partial charge in [-0.25, -0.2) is 13.2 Å². The summed E-state index contributed by atoms with van der Waals surface area (Å²) in [6.45, 7) is 5.57. The lowest BCUT2D eigenvalue weighted by Crippen LogP contribution is -2.39. The second-order valence-electron chi connectivity index (χ2n) is 7.08. The van der Waals surface area contributed by atoms with Gasteiger partial charge in [0.2, 0.25) is 11.8 Å². The van der Waals surface area contributed by atoms with Crippen LogP contribution in [-0.4, -0.2) is 36.9 Å². The average Bonchev–Trinajstić information content (AvgIpc) is 2.64. The van der Waals surface area contributed by atoms with E-state index in [0.29, 0.717) is 0 Å². The van der Waals surface area contributed by atoms with Crippen molar-refractivity contribution in [1.29, 1.82) is 0 Å². The number of benzene rings is 2. The number of rotatable bonds is 7. The Morgan fingerprint density at radius 3 is 2.28 bits per heavy atom. The lowest BCUT2D eigenvalue weighted by Gasteiger charge is -2.19. The van der Waals surface area contributed by atoms with E-state index in [-0.39, 0.29) is 25.0 Å². The first kappa shape index (κ1) is 22.4. The minimum absolute atomic E-state index is 0.0666. The molecule has 156 valence electrons. The normalized spacial score (nSPS) is 12.0. The fourth-order valence-corrected chi connectivity index (χ4v) is 2.76. The summed E-state index contributed by atoms with van der Waals surface area (Å²) in [5.41, 5.74) is 2.79. The van der Waals surface area contributed by atoms with Gasteiger partial charge in [-0.3, -0.25) is 14.5 Å². The number of carbonyl (C=O) groups excluding carboxylic acids is 2. The third-order valence-electron chi connectivity index (χ3n) is 4.54. The number of amides is 2. The minimum Gasteiger partial charge on any atom is -0.348 e. The van der Waals surface area contributed by atoms with Crippen LogP contribution in [0, 0.1) is 31.3 Å². The van der Waals surface area contributed by atoms with Crippen molar-refractivity contribution >= 4 is 17.5 Å². The molecule has 0 heterocycles. The molecule has 0 saturated carbocycles. The predicted molar refractivity (Wildman–Crippen MR) is 105 cm³/mol. The highest BCUT2D eigenvalue weighted by Crippen LogP contribution is 2.19. The zero-order chi connectivity index (χ0) is 21.7. The van der Waals surface area contributed by atoms with Crippen molar-refractivity contribution < 1.29 is 22.8 Å². The highest BCUT2D eigenvalue weighted by atomic mass is 19.2. The van der Waals surface area contributed by atoms with Gasteiger partial charge in [0.05, 0.1) is 24.8 Å². The van der Waals surface area contributed by atoms with Crippen LogP contribution in [0.15, 0.2) is 30.3 Å². The first-order chi connectivity index (χ1) is 13.6. The Morgan fingerprint density at radius 1 is 0.966 bits per heavy atom. The molecule has 0 aliphatic rings. The molecule has 2 amide bonds. The van der Waals surface area contributed by atoms with E-state index < -0.39 is 29.0 Å². The summed E-state index contributed by atoms with van der Waals surface area (Å²) >= 11 is 0. The van der Waals surface area contributed by atoms with Crippen molar-refractivity contribution in [3.05, 3.63) is 64.5 Å². The van der Waals surface area contributed by atoms with Gasteiger partial charge in [0.25, 0.3) is 0 Å². The van der Waals surface area contributed by atoms with Gasteiger partial charge < -0.3 is 10.6 Å². The number of halogens is 3. The second-order valence-corrected chi connectivity index (χ2v) is 7.08. The van der Waals surface area contributed by atoms with Crippen LogP contribution in [0.25, 0.3) is 0 Å². The van der Waals surface area contributed by atoms with Crippen LogP contribution in [0.5, 0.6) is 0 Å². The van der Waals surface area contributed by atoms with E-state index in [9.17, 15) is 22.8 Å². The number of carbonyl (C=O) groups is 2. The van der Waals surface area contributed by atoms with Crippen LogP contribution in [0.1, 0.15) is 29.7 Å². The molecule has 29 heavy (non-hydrogen) atoms. The molecule has 0 saturated heterocycles. The SMILES string of the molecule is Cc1ccc([C@H](C)NC(=O)CN(C)CC(=O)Nc2ccc(F)c(F)c2F)cc1C. The Bertz CT molecular complexity index is 918. The monoisotopic (exact) mass is 407 g/mol. The molecule has 5 nitrogen and oxygen atoms in total. The standard InChI is InChI=1S/C21H24F3N3O2/c1-12-5-6-15(9-13(12)2)14(3)25-18(28)10-27(4)11-19(29)26-17-8-7-16(22)20(23)21(17)24/h5-9,14H,10-11H2,1-4H3,(H,25,28)(H,26,29)/t14-/m0/s1. The van der Waals surface area contributed by atoms with Crippen LogP contribution in [0.2, 0.25) is 0 Å². The van der Waals surface area contributed by atoms with E-state index in [0.717, 1.165) is 28.8 Å². The van der Waals surface area contributed by atoms with Crippen LogP contribution < -0.4 is 10.6 Å². The van der Waals surface area contributed by atoms with Crippen molar-refractivity contribution in [3.8, 4) is 0 Å². The van der Waals surface area contributed by atoms with Crippen LogP contribution in [0.3, 0.4) is 0 Å². The average molecular weight is 407 g/mol. The molecule has 1 atom stereocenters. The number of hydrogen-bond acceptors (Lipinski definition) is 3. The highest BCUT2D eigenvalue weighted by Gasteiger charge is 2.17. The molecule has 2 aromatic rings. The van der Waals surface area contributed by atoms with E-state index in [1.807, 2.05) is 39.0 Å². The summed E-state index contributed by atoms with van der Waals surface area (Å²) in [4.78, 5) is 25.7. The van der Waals surface area contributed by atoms with Crippen molar-refractivity contribution in [3.63, 3.8) is 0 Å². The molecule has 0 bridgehead atoms. The summed E-state index contributed by atoms with van der Waals surface area (Å²) in [6.07, 6.45) is 0. The maximum atomic E-state index is 13.6. The topological polar surface area (TPSA) is 61.4 Å². The molecule has 0 aliphatic heterocycles. The molecule has 2 rings (SSSR count). The quantitative estimate of drug-likeness (QED) is 0.691. The lowest BCUT2D eigenvalue weighted by atomic mass is 10.0. The lowest BCUT2D eigenvalue weighted by molar-refractivity contribution is -0.123. The molecule has 0 radical (unpaired) electrons. The maximum absolute atomic E-state index is 13.6. The van der Waals surface area contributed by atoms with Gasteiger partial charge in [0, 0.05) is 0 Å². The number of nitrogens with one attached hydrogen (secondary N) is 2. The smallest absolute Gasteiger partial charge is 0.238 e. The van der Waals surface area contributed by atoms with E-state index in [4.69, 9.17) is 0 Å². The van der Waals surface area contributed by atoms with Gasteiger partial charge in [0.15, 0.2) is 17.5 Å². The van der Waals surface area contributed by atoms with Crippen LogP contribution in [-0.2, 0) is 9.59 Å². The zero-order valence-corrected chi connectivity index (χ0v) is 16.8. The Labute approximate surface area is 167 Å². The van der Waals surface area contributed by atoms with Gasteiger partial charge in [-0.15, -0.1) is 0 Å². The van der Waals surface area contributed by atoms with Crippen molar-refractivity contribution in [1.82, 2.24) is 10.2 Å². The van der Waals surface area contributed by atoms with E-state index >= 15 is 0 Å². The van der Waals surface area contributed by atoms with E-state index in [2.05, 4.69) is 10.6 Å². The molecule has 2 N–H and O–H groups in total. The third kappa shape index (κ3) is 6.05. The molecule has 0 aromatic heterocycles. The van der Waals surface area contributed by atoms with Gasteiger partial charge in [-0.05, 0) is 56.6 Å². The highest BCUT2D eigenvalue weighted by molar-refractivity contribution is 5.92. The van der Waals surface area contributed by atoms with Gasteiger partial charge in [-0.1, -0.05) is 18.2 Å². The summed E-state index contributed by atoms with van der Waals surface area (Å²) < 4.78 is 39.8. The number of hydrogen-bond donors (Lipinski definition) is 2. The van der Waals surface area contributed by atoms with Crippen molar-refractivity contribution in [2.45, 2.75) is 26.8 Å². The third-order valence-corrected chi connectivity index (χ3v) is 4.54. The van der Waals surface area contributed by atoms with Crippen LogP contribution >= 0.6 is 0 Å². The number of anilines is 1. The van der Waals surface area contributed by atoms with Crippen molar-refractivity contribution in [2.75, 3.05) is 25.5 Å². The Morgan fingerprint density at radius 2 is 1.62 bits per heavy atom. The van der Waals surface area contributed by atoms with Crippen LogP contribution in [0.4, 0.5) is 18.9 Å². The van der Waals surface area contributed by atoms with Gasteiger partial charge in [0.1, 0.15) is 0 Å². The summed E-state index contributed by atoms with van der Waals surface area (Å²) in [5, 5.41) is 5.02. The number of aryl methyl sites for hydroxylation is 2. The predicted octanol–water partition coefficient (Wildman–Crippen LogP) is 3.47. The molecule has 2 aromatic carbocycles. The maximum Gasteiger partial charge on any atom is 0.238 e. The molecule has 0 aliphatic carbocycles. The van der Waals surface area contributed by atoms with Gasteiger partial charge >= 0.3 is 0 Å². The number of nitrogens with zero attached hydrogens (tertiary/aromatic N) is 1. The Hall–Kier alpha value is -2.87. The van der Waals surface area contributed by atoms with Gasteiger partial charge in [-0.2, -0.15) is 0 Å². The Kier molecular flexibility index (Phi) is 7.39. The Balaban J connectivity index is 1.87. The largest absolute Gasteiger partial charge is 0.348 e. The fourth-order valence-electron chi connectivity index (χ4n) is 2.76. The minimum atomic E-state index is -1.66. The molecular formula is C21H24F3N3O2.